The number of nitrogen functional groups attached to an aromatic ring is 1. The molecule has 0 fully saturated rings. The largest absolute Gasteiger partial charge is 0.484 e. The second-order valence-corrected chi connectivity index (χ2v) is 8.10. The lowest BCUT2D eigenvalue weighted by atomic mass is 10.2. The van der Waals surface area contributed by atoms with Gasteiger partial charge in [-0.3, -0.25) is 4.79 Å². The molecule has 2 aromatic carbocycles. The van der Waals surface area contributed by atoms with Crippen LogP contribution in [0.4, 0.5) is 5.69 Å². The van der Waals surface area contributed by atoms with Gasteiger partial charge in [-0.25, -0.2) is 4.68 Å². The van der Waals surface area contributed by atoms with Gasteiger partial charge in [-0.1, -0.05) is 45.4 Å². The molecule has 3 N–H and O–H groups in total. The molecule has 0 atom stereocenters. The van der Waals surface area contributed by atoms with Gasteiger partial charge in [-0.15, -0.1) is 10.2 Å². The maximum absolute atomic E-state index is 12.1. The summed E-state index contributed by atoms with van der Waals surface area (Å²) in [6.45, 7) is 2.06. The van der Waals surface area contributed by atoms with Crippen LogP contribution in [0.5, 0.6) is 5.75 Å². The third-order valence-electron chi connectivity index (χ3n) is 3.64. The van der Waals surface area contributed by atoms with Crippen LogP contribution in [0.1, 0.15) is 11.4 Å². The fourth-order valence-corrected chi connectivity index (χ4v) is 3.34. The molecule has 0 spiro atoms. The standard InChI is InChI=1S/C18H17BrClN5O2S/c1-11-2-7-14(20)15(8-11)27-9-16-23-24-18(25(16)21)28-10-17(26)22-13-5-3-12(19)4-6-13/h2-8H,9-10,21H2,1H3,(H,22,26). The Morgan fingerprint density at radius 1 is 1.29 bits per heavy atom. The van der Waals surface area contributed by atoms with Crippen molar-refractivity contribution in [2.24, 2.45) is 0 Å². The third-order valence-corrected chi connectivity index (χ3v) is 5.42. The summed E-state index contributed by atoms with van der Waals surface area (Å²) < 4.78 is 7.93. The normalized spacial score (nSPS) is 10.7. The zero-order chi connectivity index (χ0) is 20.1. The Morgan fingerprint density at radius 3 is 2.79 bits per heavy atom. The van der Waals surface area contributed by atoms with Crippen molar-refractivity contribution in [1.29, 1.82) is 0 Å². The lowest BCUT2D eigenvalue weighted by Gasteiger charge is -2.09. The summed E-state index contributed by atoms with van der Waals surface area (Å²) >= 11 is 10.7. The molecule has 146 valence electrons. The number of carbonyl (C=O) groups is 1. The molecular weight excluding hydrogens is 466 g/mol. The number of nitrogens with one attached hydrogen (secondary N) is 1. The van der Waals surface area contributed by atoms with Crippen LogP contribution in [0.25, 0.3) is 0 Å². The molecule has 7 nitrogen and oxygen atoms in total. The lowest BCUT2D eigenvalue weighted by Crippen LogP contribution is -2.18. The number of nitrogens with two attached hydrogens (primary N) is 1. The highest BCUT2D eigenvalue weighted by atomic mass is 79.9. The Kier molecular flexibility index (Phi) is 6.82. The molecule has 0 saturated heterocycles. The number of anilines is 1. The van der Waals surface area contributed by atoms with Crippen molar-refractivity contribution in [1.82, 2.24) is 14.9 Å². The maximum atomic E-state index is 12.1. The smallest absolute Gasteiger partial charge is 0.234 e. The summed E-state index contributed by atoms with van der Waals surface area (Å²) in [5.74, 6) is 6.97. The molecule has 10 heteroatoms. The van der Waals surface area contributed by atoms with Gasteiger partial charge in [0, 0.05) is 10.2 Å². The summed E-state index contributed by atoms with van der Waals surface area (Å²) in [6.07, 6.45) is 0. The van der Waals surface area contributed by atoms with Gasteiger partial charge in [-0.2, -0.15) is 0 Å². The first-order chi connectivity index (χ1) is 13.4. The number of ether oxygens (including phenoxy) is 1. The molecule has 1 aromatic heterocycles. The summed E-state index contributed by atoms with van der Waals surface area (Å²) in [7, 11) is 0. The van der Waals surface area contributed by atoms with Gasteiger partial charge in [0.1, 0.15) is 12.4 Å². The van der Waals surface area contributed by atoms with Gasteiger partial charge in [0.15, 0.2) is 5.82 Å². The molecule has 28 heavy (non-hydrogen) atoms. The van der Waals surface area contributed by atoms with Crippen LogP contribution in [0.3, 0.4) is 0 Å². The number of hydrogen-bond donors (Lipinski definition) is 2. The summed E-state index contributed by atoms with van der Waals surface area (Å²) in [5, 5.41) is 11.8. The molecule has 0 aliphatic heterocycles. The number of halogens is 2. The minimum absolute atomic E-state index is 0.109. The molecular formula is C18H17BrClN5O2S. The van der Waals surface area contributed by atoms with Crippen LogP contribution in [-0.4, -0.2) is 26.5 Å². The summed E-state index contributed by atoms with van der Waals surface area (Å²) in [6, 6.07) is 12.8. The molecule has 3 rings (SSSR count). The Bertz CT molecular complexity index is 981. The monoisotopic (exact) mass is 481 g/mol. The fourth-order valence-electron chi connectivity index (χ4n) is 2.23. The third kappa shape index (κ3) is 5.40. The van der Waals surface area contributed by atoms with E-state index in [1.54, 1.807) is 6.07 Å². The molecule has 1 heterocycles. The second-order valence-electron chi connectivity index (χ2n) is 5.84. The highest BCUT2D eigenvalue weighted by Crippen LogP contribution is 2.26. The zero-order valence-electron chi connectivity index (χ0n) is 14.9. The van der Waals surface area contributed by atoms with Gasteiger partial charge in [0.25, 0.3) is 0 Å². The first kappa shape index (κ1) is 20.5. The van der Waals surface area contributed by atoms with E-state index in [0.29, 0.717) is 27.4 Å². The number of aromatic nitrogens is 3. The van der Waals surface area contributed by atoms with Crippen LogP contribution in [0.15, 0.2) is 52.1 Å². The zero-order valence-corrected chi connectivity index (χ0v) is 18.0. The number of carbonyl (C=O) groups excluding carboxylic acids is 1. The Morgan fingerprint density at radius 2 is 2.04 bits per heavy atom. The number of amides is 1. The second kappa shape index (κ2) is 9.31. The maximum Gasteiger partial charge on any atom is 0.234 e. The van der Waals surface area contributed by atoms with E-state index < -0.39 is 0 Å². The molecule has 0 aliphatic rings. The number of rotatable bonds is 7. The molecule has 1 amide bonds. The number of thioether (sulfide) groups is 1. The Balaban J connectivity index is 1.54. The highest BCUT2D eigenvalue weighted by molar-refractivity contribution is 9.10. The van der Waals surface area contributed by atoms with E-state index in [9.17, 15) is 4.79 Å². The van der Waals surface area contributed by atoms with E-state index in [0.717, 1.165) is 10.0 Å². The first-order valence-corrected chi connectivity index (χ1v) is 10.3. The van der Waals surface area contributed by atoms with Crippen molar-refractivity contribution in [3.05, 3.63) is 63.3 Å². The number of nitrogens with zero attached hydrogens (tertiary/aromatic N) is 3. The highest BCUT2D eigenvalue weighted by Gasteiger charge is 2.14. The van der Waals surface area contributed by atoms with E-state index in [1.165, 1.54) is 16.4 Å². The van der Waals surface area contributed by atoms with Crippen molar-refractivity contribution in [2.75, 3.05) is 16.9 Å². The van der Waals surface area contributed by atoms with Gasteiger partial charge >= 0.3 is 0 Å². The van der Waals surface area contributed by atoms with Crippen LogP contribution in [0.2, 0.25) is 5.02 Å². The average Bonchev–Trinajstić information content (AvgIpc) is 3.02. The van der Waals surface area contributed by atoms with Crippen LogP contribution in [-0.2, 0) is 11.4 Å². The van der Waals surface area contributed by atoms with Crippen molar-refractivity contribution < 1.29 is 9.53 Å². The molecule has 0 unspecified atom stereocenters. The fraction of sp³-hybridized carbons (Fsp3) is 0.167. The van der Waals surface area contributed by atoms with Crippen molar-refractivity contribution in [3.63, 3.8) is 0 Å². The number of hydrogen-bond acceptors (Lipinski definition) is 6. The molecule has 0 aliphatic carbocycles. The molecule has 3 aromatic rings. The van der Waals surface area contributed by atoms with Crippen LogP contribution >= 0.6 is 39.3 Å². The topological polar surface area (TPSA) is 95.1 Å². The van der Waals surface area contributed by atoms with Crippen molar-refractivity contribution >= 4 is 50.9 Å². The van der Waals surface area contributed by atoms with E-state index >= 15 is 0 Å². The van der Waals surface area contributed by atoms with Crippen molar-refractivity contribution in [3.8, 4) is 5.75 Å². The van der Waals surface area contributed by atoms with E-state index in [-0.39, 0.29) is 18.3 Å². The van der Waals surface area contributed by atoms with E-state index in [4.69, 9.17) is 22.2 Å². The number of benzene rings is 2. The average molecular weight is 483 g/mol. The van der Waals surface area contributed by atoms with E-state index in [2.05, 4.69) is 31.4 Å². The summed E-state index contributed by atoms with van der Waals surface area (Å²) in [5.41, 5.74) is 1.74. The molecule has 0 radical (unpaired) electrons. The van der Waals surface area contributed by atoms with Crippen molar-refractivity contribution in [2.45, 2.75) is 18.7 Å². The van der Waals surface area contributed by atoms with Gasteiger partial charge in [0.2, 0.25) is 11.1 Å². The quantitative estimate of drug-likeness (QED) is 0.390. The predicted molar refractivity (Wildman–Crippen MR) is 114 cm³/mol. The SMILES string of the molecule is Cc1ccc(Cl)c(OCc2nnc(SCC(=O)Nc3ccc(Br)cc3)n2N)c1. The van der Waals surface area contributed by atoms with Gasteiger partial charge < -0.3 is 15.9 Å². The van der Waals surface area contributed by atoms with Crippen LogP contribution in [0, 0.1) is 6.92 Å². The Hall–Kier alpha value is -2.23. The minimum atomic E-state index is -0.167. The first-order valence-electron chi connectivity index (χ1n) is 8.19. The predicted octanol–water partition coefficient (Wildman–Crippen LogP) is 4.03. The Labute approximate surface area is 179 Å². The summed E-state index contributed by atoms with van der Waals surface area (Å²) in [4.78, 5) is 12.1. The molecule has 0 bridgehead atoms. The molecule has 0 saturated carbocycles. The van der Waals surface area contributed by atoms with E-state index in [1.807, 2.05) is 43.3 Å². The van der Waals surface area contributed by atoms with Crippen LogP contribution < -0.4 is 15.9 Å². The lowest BCUT2D eigenvalue weighted by molar-refractivity contribution is -0.113. The van der Waals surface area contributed by atoms with Gasteiger partial charge in [0.05, 0.1) is 10.8 Å². The van der Waals surface area contributed by atoms with Gasteiger partial charge in [-0.05, 0) is 48.9 Å². The number of aryl methyl sites for hydroxylation is 1. The minimum Gasteiger partial charge on any atom is -0.484 e.